The smallest absolute Gasteiger partial charge is 0.0738 e. The Morgan fingerprint density at radius 2 is 1.90 bits per heavy atom. The van der Waals surface area contributed by atoms with Gasteiger partial charge in [0.25, 0.3) is 0 Å². The summed E-state index contributed by atoms with van der Waals surface area (Å²) in [5.74, 6) is 0. The molecular weight excluding hydrogens is 124 g/mol. The molecule has 0 radical (unpaired) electrons. The molecule has 10 heavy (non-hydrogen) atoms. The van der Waals surface area contributed by atoms with Gasteiger partial charge in [-0.25, -0.2) is 0 Å². The summed E-state index contributed by atoms with van der Waals surface area (Å²) in [6.45, 7) is 0. The van der Waals surface area contributed by atoms with E-state index in [1.807, 2.05) is 0 Å². The highest BCUT2D eigenvalue weighted by atomic mass is 14.7. The van der Waals surface area contributed by atoms with Gasteiger partial charge >= 0.3 is 0 Å². The molecule has 1 rings (SSSR count). The Bertz CT molecular complexity index is 256. The first kappa shape index (κ1) is 6.50. The minimum Gasteiger partial charge on any atom is -0.301 e. The SMILES string of the molecule is C#CN=C1C=CC(=N)C=C1. The fraction of sp³-hybridized carbons (Fsp3) is 0. The Labute approximate surface area is 59.5 Å². The third kappa shape index (κ3) is 1.43. The molecule has 2 heteroatoms. The highest BCUT2D eigenvalue weighted by molar-refractivity contribution is 6.17. The highest BCUT2D eigenvalue weighted by Gasteiger charge is 1.94. The number of hydrogen-bond acceptors (Lipinski definition) is 2. The van der Waals surface area contributed by atoms with Crippen LogP contribution in [0.25, 0.3) is 0 Å². The predicted octanol–water partition coefficient (Wildman–Crippen LogP) is 1.16. The Morgan fingerprint density at radius 1 is 1.30 bits per heavy atom. The maximum Gasteiger partial charge on any atom is 0.0738 e. The van der Waals surface area contributed by atoms with Crippen LogP contribution in [0.2, 0.25) is 0 Å². The molecule has 0 atom stereocenters. The van der Waals surface area contributed by atoms with Crippen LogP contribution in [-0.4, -0.2) is 11.4 Å². The lowest BCUT2D eigenvalue weighted by Gasteiger charge is -1.95. The lowest BCUT2D eigenvalue weighted by Crippen LogP contribution is -1.97. The van der Waals surface area contributed by atoms with Crippen LogP contribution >= 0.6 is 0 Å². The maximum absolute atomic E-state index is 7.13. The first-order valence-electron chi connectivity index (χ1n) is 2.81. The molecule has 0 amide bonds. The average Bonchev–Trinajstić information content (AvgIpc) is 1.95. The molecule has 0 aliphatic heterocycles. The normalized spacial score (nSPS) is 15.1. The van der Waals surface area contributed by atoms with E-state index in [-0.39, 0.29) is 0 Å². The Morgan fingerprint density at radius 3 is 2.40 bits per heavy atom. The molecule has 0 aromatic carbocycles. The average molecular weight is 130 g/mol. The first-order chi connectivity index (χ1) is 4.83. The van der Waals surface area contributed by atoms with E-state index in [0.717, 1.165) is 5.71 Å². The van der Waals surface area contributed by atoms with Gasteiger partial charge in [0.05, 0.1) is 11.4 Å². The molecule has 0 saturated heterocycles. The van der Waals surface area contributed by atoms with Gasteiger partial charge in [0.2, 0.25) is 0 Å². The standard InChI is InChI=1S/C8H6N2/c1-2-10-8-5-3-7(9)4-6-8/h1,3-6,9H. The van der Waals surface area contributed by atoms with E-state index in [1.54, 1.807) is 24.3 Å². The van der Waals surface area contributed by atoms with Crippen LogP contribution in [0, 0.1) is 17.9 Å². The van der Waals surface area contributed by atoms with Crippen molar-refractivity contribution in [3.05, 3.63) is 24.3 Å². The summed E-state index contributed by atoms with van der Waals surface area (Å²) in [5.41, 5.74) is 1.19. The lowest BCUT2D eigenvalue weighted by atomic mass is 10.1. The molecule has 0 spiro atoms. The van der Waals surface area contributed by atoms with Crippen molar-refractivity contribution >= 4 is 11.4 Å². The molecule has 2 nitrogen and oxygen atoms in total. The monoisotopic (exact) mass is 130 g/mol. The maximum atomic E-state index is 7.13. The molecule has 0 fully saturated rings. The zero-order chi connectivity index (χ0) is 7.40. The molecule has 0 unspecified atom stereocenters. The number of aliphatic imine (C=N–C) groups is 1. The van der Waals surface area contributed by atoms with Crippen molar-refractivity contribution in [3.63, 3.8) is 0 Å². The van der Waals surface area contributed by atoms with Crippen molar-refractivity contribution in [3.8, 4) is 12.5 Å². The van der Waals surface area contributed by atoms with E-state index in [2.05, 4.69) is 11.0 Å². The van der Waals surface area contributed by atoms with Crippen LogP contribution in [0.4, 0.5) is 0 Å². The molecule has 1 aliphatic rings. The summed E-state index contributed by atoms with van der Waals surface area (Å²) in [5, 5.41) is 7.13. The van der Waals surface area contributed by atoms with Crippen LogP contribution < -0.4 is 0 Å². The van der Waals surface area contributed by atoms with Gasteiger partial charge in [-0.15, -0.1) is 0 Å². The van der Waals surface area contributed by atoms with Gasteiger partial charge in [0.1, 0.15) is 0 Å². The zero-order valence-electron chi connectivity index (χ0n) is 5.33. The molecule has 0 saturated carbocycles. The van der Waals surface area contributed by atoms with Crippen LogP contribution in [0.15, 0.2) is 29.3 Å². The molecule has 1 N–H and O–H groups in total. The van der Waals surface area contributed by atoms with Crippen LogP contribution in [-0.2, 0) is 0 Å². The fourth-order valence-corrected chi connectivity index (χ4v) is 0.611. The van der Waals surface area contributed by atoms with Gasteiger partial charge in [0.15, 0.2) is 0 Å². The zero-order valence-corrected chi connectivity index (χ0v) is 5.33. The van der Waals surface area contributed by atoms with E-state index in [1.165, 1.54) is 0 Å². The Balaban J connectivity index is 2.83. The van der Waals surface area contributed by atoms with Gasteiger partial charge in [-0.05, 0) is 24.3 Å². The van der Waals surface area contributed by atoms with Crippen LogP contribution in [0.5, 0.6) is 0 Å². The van der Waals surface area contributed by atoms with Gasteiger partial charge in [-0.3, -0.25) is 0 Å². The minimum atomic E-state index is 0.468. The summed E-state index contributed by atoms with van der Waals surface area (Å²) in [4.78, 5) is 3.69. The summed E-state index contributed by atoms with van der Waals surface area (Å²) < 4.78 is 0. The number of allylic oxidation sites excluding steroid dienone is 4. The summed E-state index contributed by atoms with van der Waals surface area (Å²) >= 11 is 0. The number of nitrogens with zero attached hydrogens (tertiary/aromatic N) is 1. The third-order valence-electron chi connectivity index (χ3n) is 1.06. The molecule has 0 bridgehead atoms. The van der Waals surface area contributed by atoms with Crippen LogP contribution in [0.3, 0.4) is 0 Å². The molecule has 1 aliphatic carbocycles. The van der Waals surface area contributed by atoms with E-state index >= 15 is 0 Å². The number of rotatable bonds is 0. The predicted molar refractivity (Wildman–Crippen MR) is 42.3 cm³/mol. The summed E-state index contributed by atoms with van der Waals surface area (Å²) in [6.07, 6.45) is 11.7. The van der Waals surface area contributed by atoms with E-state index in [9.17, 15) is 0 Å². The van der Waals surface area contributed by atoms with Gasteiger partial charge in [-0.1, -0.05) is 6.42 Å². The molecule has 0 heterocycles. The first-order valence-corrected chi connectivity index (χ1v) is 2.81. The van der Waals surface area contributed by atoms with Gasteiger partial charge in [-0.2, -0.15) is 4.99 Å². The number of nitrogens with one attached hydrogen (secondary N) is 1. The Hall–Kier alpha value is -1.62. The minimum absolute atomic E-state index is 0.468. The van der Waals surface area contributed by atoms with Crippen molar-refractivity contribution in [2.45, 2.75) is 0 Å². The molecular formula is C8H6N2. The van der Waals surface area contributed by atoms with Crippen molar-refractivity contribution in [1.82, 2.24) is 0 Å². The Kier molecular flexibility index (Phi) is 1.81. The van der Waals surface area contributed by atoms with E-state index in [4.69, 9.17) is 11.8 Å². The second-order valence-corrected chi connectivity index (χ2v) is 1.79. The second-order valence-electron chi connectivity index (χ2n) is 1.79. The number of hydrogen-bond donors (Lipinski definition) is 1. The number of terminal acetylenes is 1. The van der Waals surface area contributed by atoms with E-state index < -0.39 is 0 Å². The summed E-state index contributed by atoms with van der Waals surface area (Å²) in [6, 6.07) is 2.17. The van der Waals surface area contributed by atoms with Crippen molar-refractivity contribution in [1.29, 1.82) is 5.41 Å². The molecule has 0 aromatic rings. The lowest BCUT2D eigenvalue weighted by molar-refractivity contribution is 1.53. The molecule has 48 valence electrons. The van der Waals surface area contributed by atoms with Gasteiger partial charge < -0.3 is 5.41 Å². The second kappa shape index (κ2) is 2.79. The van der Waals surface area contributed by atoms with E-state index in [0.29, 0.717) is 5.71 Å². The van der Waals surface area contributed by atoms with Crippen LogP contribution in [0.1, 0.15) is 0 Å². The largest absolute Gasteiger partial charge is 0.301 e. The summed E-state index contributed by atoms with van der Waals surface area (Å²) in [7, 11) is 0. The van der Waals surface area contributed by atoms with Crippen molar-refractivity contribution in [2.75, 3.05) is 0 Å². The van der Waals surface area contributed by atoms with Crippen molar-refractivity contribution in [2.24, 2.45) is 4.99 Å². The van der Waals surface area contributed by atoms with Crippen molar-refractivity contribution < 1.29 is 0 Å². The quantitative estimate of drug-likeness (QED) is 0.377. The fourth-order valence-electron chi connectivity index (χ4n) is 0.611. The van der Waals surface area contributed by atoms with Gasteiger partial charge in [0, 0.05) is 6.04 Å². The topological polar surface area (TPSA) is 36.2 Å². The third-order valence-corrected chi connectivity index (χ3v) is 1.06. The molecule has 0 aromatic heterocycles. The highest BCUT2D eigenvalue weighted by Crippen LogP contribution is 1.94.